The number of anilines is 1. The standard InChI is InChI=1S/C25H30ClF3N4O2/c1-14(2)9-15(10-23(30)34)11-24(35)32-18-6-4-17(5-7-18)31-21-13-22(25(27,28)29)33-20-8-3-16(26)12-19(20)21/h3,8-9,12-14,17-18H,4-7,10-11H2,1-2H3,(H2,30,34)(H,31,33)(H,32,35)/b15-9+/t17-,18+. The van der Waals surface area contributed by atoms with Crippen LogP contribution < -0.4 is 16.4 Å². The Morgan fingerprint density at radius 3 is 2.40 bits per heavy atom. The normalized spacial score (nSPS) is 19.1. The lowest BCUT2D eigenvalue weighted by Gasteiger charge is -2.31. The summed E-state index contributed by atoms with van der Waals surface area (Å²) in [4.78, 5) is 27.6. The minimum atomic E-state index is -4.57. The van der Waals surface area contributed by atoms with Crippen LogP contribution in [0.3, 0.4) is 0 Å². The molecule has 0 bridgehead atoms. The summed E-state index contributed by atoms with van der Waals surface area (Å²) < 4.78 is 40.1. The number of benzene rings is 1. The SMILES string of the molecule is CC(C)/C=C(\CC(N)=O)CC(=O)N[C@H]1CC[C@@H](Nc2cc(C(F)(F)F)nc3ccc(Cl)cc23)CC1. The molecule has 0 saturated heterocycles. The molecule has 1 saturated carbocycles. The average molecular weight is 511 g/mol. The number of hydrogen-bond donors (Lipinski definition) is 3. The Morgan fingerprint density at radius 2 is 1.80 bits per heavy atom. The van der Waals surface area contributed by atoms with Gasteiger partial charge >= 0.3 is 6.18 Å². The topological polar surface area (TPSA) is 97.1 Å². The van der Waals surface area contributed by atoms with E-state index in [-0.39, 0.29) is 42.3 Å². The average Bonchev–Trinajstić information content (AvgIpc) is 2.73. The largest absolute Gasteiger partial charge is 0.433 e. The second-order valence-corrected chi connectivity index (χ2v) is 9.80. The first-order valence-electron chi connectivity index (χ1n) is 11.6. The van der Waals surface area contributed by atoms with Gasteiger partial charge in [0.25, 0.3) is 0 Å². The number of halogens is 4. The molecule has 1 aliphatic rings. The zero-order chi connectivity index (χ0) is 25.8. The number of alkyl halides is 3. The first-order valence-corrected chi connectivity index (χ1v) is 12.0. The number of fused-ring (bicyclic) bond motifs is 1. The molecule has 3 rings (SSSR count). The highest BCUT2D eigenvalue weighted by Gasteiger charge is 2.34. The highest BCUT2D eigenvalue weighted by Crippen LogP contribution is 2.35. The Labute approximate surface area is 207 Å². The van der Waals surface area contributed by atoms with Crippen LogP contribution in [-0.4, -0.2) is 28.9 Å². The quantitative estimate of drug-likeness (QED) is 0.403. The van der Waals surface area contributed by atoms with Crippen molar-refractivity contribution in [1.29, 1.82) is 0 Å². The van der Waals surface area contributed by atoms with Gasteiger partial charge in [0.2, 0.25) is 11.8 Å². The maximum absolute atomic E-state index is 13.4. The molecule has 0 aliphatic heterocycles. The van der Waals surface area contributed by atoms with E-state index in [0.717, 1.165) is 6.07 Å². The zero-order valence-electron chi connectivity index (χ0n) is 19.7. The van der Waals surface area contributed by atoms with Crippen LogP contribution in [0.5, 0.6) is 0 Å². The number of aromatic nitrogens is 1. The van der Waals surface area contributed by atoms with E-state index >= 15 is 0 Å². The number of primary amides is 1. The van der Waals surface area contributed by atoms with Crippen LogP contribution >= 0.6 is 11.6 Å². The molecule has 1 aromatic carbocycles. The summed E-state index contributed by atoms with van der Waals surface area (Å²) in [5.74, 6) is -0.454. The lowest BCUT2D eigenvalue weighted by molar-refractivity contribution is -0.141. The summed E-state index contributed by atoms with van der Waals surface area (Å²) in [5, 5.41) is 7.19. The third-order valence-electron chi connectivity index (χ3n) is 5.87. The van der Waals surface area contributed by atoms with Gasteiger partial charge in [0.1, 0.15) is 5.69 Å². The third-order valence-corrected chi connectivity index (χ3v) is 6.11. The number of allylic oxidation sites excluding steroid dienone is 1. The number of nitrogens with two attached hydrogens (primary N) is 1. The Balaban J connectivity index is 1.63. The fourth-order valence-electron chi connectivity index (χ4n) is 4.43. The Hall–Kier alpha value is -2.81. The van der Waals surface area contributed by atoms with Crippen molar-refractivity contribution in [1.82, 2.24) is 10.3 Å². The van der Waals surface area contributed by atoms with E-state index in [0.29, 0.717) is 47.4 Å². The maximum atomic E-state index is 13.4. The summed E-state index contributed by atoms with van der Waals surface area (Å²) in [6.45, 7) is 3.93. The molecule has 1 aromatic heterocycles. The van der Waals surface area contributed by atoms with E-state index in [4.69, 9.17) is 17.3 Å². The van der Waals surface area contributed by atoms with Gasteiger partial charge in [0.05, 0.1) is 5.52 Å². The molecule has 0 spiro atoms. The van der Waals surface area contributed by atoms with Crippen molar-refractivity contribution < 1.29 is 22.8 Å². The van der Waals surface area contributed by atoms with Crippen molar-refractivity contribution in [2.45, 2.75) is 70.6 Å². The van der Waals surface area contributed by atoms with Gasteiger partial charge in [-0.2, -0.15) is 13.2 Å². The molecule has 6 nitrogen and oxygen atoms in total. The van der Waals surface area contributed by atoms with Gasteiger partial charge in [-0.3, -0.25) is 9.59 Å². The fourth-order valence-corrected chi connectivity index (χ4v) is 4.60. The number of rotatable bonds is 8. The zero-order valence-corrected chi connectivity index (χ0v) is 20.5. The second kappa shape index (κ2) is 11.3. The van der Waals surface area contributed by atoms with Gasteiger partial charge in [0.15, 0.2) is 0 Å². The molecule has 0 unspecified atom stereocenters. The fraction of sp³-hybridized carbons (Fsp3) is 0.480. The molecule has 35 heavy (non-hydrogen) atoms. The van der Waals surface area contributed by atoms with Crippen molar-refractivity contribution in [3.05, 3.63) is 46.6 Å². The molecule has 0 radical (unpaired) electrons. The monoisotopic (exact) mass is 510 g/mol. The summed E-state index contributed by atoms with van der Waals surface area (Å²) in [6, 6.07) is 5.52. The summed E-state index contributed by atoms with van der Waals surface area (Å²) in [7, 11) is 0. The van der Waals surface area contributed by atoms with Gasteiger partial charge < -0.3 is 16.4 Å². The maximum Gasteiger partial charge on any atom is 0.433 e. The van der Waals surface area contributed by atoms with Gasteiger partial charge in [-0.1, -0.05) is 37.1 Å². The summed E-state index contributed by atoms with van der Waals surface area (Å²) >= 11 is 6.07. The molecule has 4 N–H and O–H groups in total. The van der Waals surface area contributed by atoms with E-state index in [1.165, 1.54) is 12.1 Å². The van der Waals surface area contributed by atoms with E-state index in [1.54, 1.807) is 6.07 Å². The van der Waals surface area contributed by atoms with Crippen molar-refractivity contribution in [3.8, 4) is 0 Å². The van der Waals surface area contributed by atoms with Crippen LogP contribution in [0.25, 0.3) is 10.9 Å². The van der Waals surface area contributed by atoms with E-state index < -0.39 is 17.8 Å². The summed E-state index contributed by atoms with van der Waals surface area (Å²) in [5.41, 5.74) is 5.59. The van der Waals surface area contributed by atoms with E-state index in [2.05, 4.69) is 15.6 Å². The number of amides is 2. The third kappa shape index (κ3) is 7.85. The van der Waals surface area contributed by atoms with Crippen molar-refractivity contribution in [2.75, 3.05) is 5.32 Å². The number of hydrogen-bond acceptors (Lipinski definition) is 4. The molecule has 190 valence electrons. The highest BCUT2D eigenvalue weighted by molar-refractivity contribution is 6.31. The lowest BCUT2D eigenvalue weighted by Crippen LogP contribution is -2.40. The molecule has 2 amide bonds. The van der Waals surface area contributed by atoms with Crippen molar-refractivity contribution in [2.24, 2.45) is 11.7 Å². The van der Waals surface area contributed by atoms with Crippen LogP contribution in [0, 0.1) is 5.92 Å². The molecule has 1 aliphatic carbocycles. The Morgan fingerprint density at radius 1 is 1.14 bits per heavy atom. The molecule has 10 heteroatoms. The molecule has 1 fully saturated rings. The Bertz CT molecular complexity index is 1110. The summed E-state index contributed by atoms with van der Waals surface area (Å²) in [6.07, 6.45) is 0.181. The smallest absolute Gasteiger partial charge is 0.382 e. The van der Waals surface area contributed by atoms with Gasteiger partial charge in [-0.15, -0.1) is 0 Å². The van der Waals surface area contributed by atoms with Crippen LogP contribution in [0.1, 0.15) is 58.1 Å². The molecule has 1 heterocycles. The lowest BCUT2D eigenvalue weighted by atomic mass is 9.90. The second-order valence-electron chi connectivity index (χ2n) is 9.36. The van der Waals surface area contributed by atoms with Gasteiger partial charge in [-0.25, -0.2) is 4.98 Å². The minimum Gasteiger partial charge on any atom is -0.382 e. The molecule has 2 aromatic rings. The van der Waals surface area contributed by atoms with E-state index in [1.807, 2.05) is 19.9 Å². The first kappa shape index (κ1) is 26.8. The number of carbonyl (C=O) groups excluding carboxylic acids is 2. The van der Waals surface area contributed by atoms with Crippen LogP contribution in [0.15, 0.2) is 35.9 Å². The predicted molar refractivity (Wildman–Crippen MR) is 131 cm³/mol. The van der Waals surface area contributed by atoms with Gasteiger partial charge in [0, 0.05) is 41.0 Å². The molecular weight excluding hydrogens is 481 g/mol. The number of nitrogens with zero attached hydrogens (tertiary/aromatic N) is 1. The number of pyridine rings is 1. The number of carbonyl (C=O) groups is 2. The number of nitrogens with one attached hydrogen (secondary N) is 2. The first-order chi connectivity index (χ1) is 16.4. The minimum absolute atomic E-state index is 0.0382. The van der Waals surface area contributed by atoms with Crippen LogP contribution in [-0.2, 0) is 15.8 Å². The highest BCUT2D eigenvalue weighted by atomic mass is 35.5. The Kier molecular flexibility index (Phi) is 8.64. The van der Waals surface area contributed by atoms with Crippen LogP contribution in [0.4, 0.5) is 18.9 Å². The molecular formula is C25H30ClF3N4O2. The van der Waals surface area contributed by atoms with Gasteiger partial charge in [-0.05, 0) is 55.9 Å². The van der Waals surface area contributed by atoms with E-state index in [9.17, 15) is 22.8 Å². The molecule has 0 atom stereocenters. The van der Waals surface area contributed by atoms with Crippen molar-refractivity contribution >= 4 is 40.0 Å². The predicted octanol–water partition coefficient (Wildman–Crippen LogP) is 5.59. The van der Waals surface area contributed by atoms with Crippen molar-refractivity contribution in [3.63, 3.8) is 0 Å². The van der Waals surface area contributed by atoms with Crippen LogP contribution in [0.2, 0.25) is 5.02 Å².